The molecule has 0 amide bonds. The summed E-state index contributed by atoms with van der Waals surface area (Å²) >= 11 is 1.86. The number of alkyl halides is 3. The largest absolute Gasteiger partial charge is 0.481 e. The van der Waals surface area contributed by atoms with Crippen molar-refractivity contribution in [1.82, 2.24) is 4.98 Å². The summed E-state index contributed by atoms with van der Waals surface area (Å²) in [7, 11) is 0. The second-order valence-electron chi connectivity index (χ2n) is 3.73. The Morgan fingerprint density at radius 3 is 2.65 bits per heavy atom. The first kappa shape index (κ1) is 12.7. The number of nitrogens with zero attached hydrogens (tertiary/aromatic N) is 2. The Bertz CT molecular complexity index is 407. The Hall–Kier alpha value is -0.730. The van der Waals surface area contributed by atoms with Crippen LogP contribution in [0.4, 0.5) is 18.9 Å². The Labute approximate surface area is 110 Å². The molecule has 0 N–H and O–H groups in total. The molecule has 0 spiro atoms. The maximum absolute atomic E-state index is 12.1. The highest BCUT2D eigenvalue weighted by Gasteiger charge is 2.29. The van der Waals surface area contributed by atoms with E-state index in [-0.39, 0.29) is 5.75 Å². The lowest BCUT2D eigenvalue weighted by molar-refractivity contribution is -0.153. The fraction of sp³-hybridized carbons (Fsp3) is 0.500. The van der Waals surface area contributed by atoms with E-state index >= 15 is 0 Å². The van der Waals surface area contributed by atoms with Gasteiger partial charge in [0.1, 0.15) is 3.70 Å². The molecule has 0 unspecified atom stereocenters. The molecule has 7 heteroatoms. The summed E-state index contributed by atoms with van der Waals surface area (Å²) < 4.78 is 41.3. The van der Waals surface area contributed by atoms with Crippen LogP contribution in [0, 0.1) is 3.70 Å². The van der Waals surface area contributed by atoms with E-state index in [4.69, 9.17) is 4.74 Å². The smallest absolute Gasteiger partial charge is 0.422 e. The standard InChI is InChI=1S/C10H10F3IN2O/c11-10(12,13)6-17-8-4-7(5-15-9(8)14)16-2-1-3-16/h4-5H,1-3,6H2. The van der Waals surface area contributed by atoms with E-state index in [0.29, 0.717) is 3.70 Å². The van der Waals surface area contributed by atoms with Crippen molar-refractivity contribution in [2.45, 2.75) is 12.6 Å². The molecule has 0 aromatic carbocycles. The van der Waals surface area contributed by atoms with E-state index in [1.54, 1.807) is 12.3 Å². The lowest BCUT2D eigenvalue weighted by Crippen LogP contribution is -2.37. The van der Waals surface area contributed by atoms with Crippen LogP contribution in [-0.4, -0.2) is 30.9 Å². The van der Waals surface area contributed by atoms with Crippen LogP contribution in [0.3, 0.4) is 0 Å². The van der Waals surface area contributed by atoms with Crippen molar-refractivity contribution in [3.63, 3.8) is 0 Å². The fourth-order valence-corrected chi connectivity index (χ4v) is 1.88. The monoisotopic (exact) mass is 358 g/mol. The van der Waals surface area contributed by atoms with E-state index in [9.17, 15) is 13.2 Å². The second kappa shape index (κ2) is 4.87. The molecule has 94 valence electrons. The highest BCUT2D eigenvalue weighted by atomic mass is 127. The average molecular weight is 358 g/mol. The van der Waals surface area contributed by atoms with Crippen LogP contribution in [0.25, 0.3) is 0 Å². The van der Waals surface area contributed by atoms with E-state index in [0.717, 1.165) is 25.2 Å². The number of pyridine rings is 1. The van der Waals surface area contributed by atoms with Gasteiger partial charge in [-0.25, -0.2) is 4.98 Å². The van der Waals surface area contributed by atoms with Gasteiger partial charge in [0.15, 0.2) is 12.4 Å². The van der Waals surface area contributed by atoms with Crippen LogP contribution in [-0.2, 0) is 0 Å². The molecule has 3 nitrogen and oxygen atoms in total. The lowest BCUT2D eigenvalue weighted by atomic mass is 10.2. The molecule has 2 rings (SSSR count). The number of rotatable bonds is 3. The predicted molar refractivity (Wildman–Crippen MR) is 65.3 cm³/mol. The van der Waals surface area contributed by atoms with E-state index in [2.05, 4.69) is 4.98 Å². The molecule has 17 heavy (non-hydrogen) atoms. The Kier molecular flexibility index (Phi) is 3.64. The van der Waals surface area contributed by atoms with Crippen LogP contribution < -0.4 is 9.64 Å². The summed E-state index contributed by atoms with van der Waals surface area (Å²) in [5.41, 5.74) is 0.814. The third-order valence-corrected chi connectivity index (χ3v) is 3.22. The van der Waals surface area contributed by atoms with Gasteiger partial charge in [0.2, 0.25) is 0 Å². The van der Waals surface area contributed by atoms with Crippen LogP contribution in [0.1, 0.15) is 6.42 Å². The maximum Gasteiger partial charge on any atom is 0.422 e. The van der Waals surface area contributed by atoms with Crippen molar-refractivity contribution in [2.75, 3.05) is 24.6 Å². The SMILES string of the molecule is FC(F)(F)COc1cc(N2CCC2)cnc1I. The Morgan fingerprint density at radius 2 is 2.12 bits per heavy atom. The minimum Gasteiger partial charge on any atom is -0.481 e. The first-order valence-electron chi connectivity index (χ1n) is 5.06. The summed E-state index contributed by atoms with van der Waals surface area (Å²) in [6.07, 6.45) is -1.57. The molecule has 1 aliphatic heterocycles. The van der Waals surface area contributed by atoms with Gasteiger partial charge in [0, 0.05) is 19.2 Å². The molecule has 0 bridgehead atoms. The summed E-state index contributed by atoms with van der Waals surface area (Å²) in [4.78, 5) is 6.08. The van der Waals surface area contributed by atoms with Crippen molar-refractivity contribution in [2.24, 2.45) is 0 Å². The molecule has 1 aromatic heterocycles. The Morgan fingerprint density at radius 1 is 1.41 bits per heavy atom. The van der Waals surface area contributed by atoms with Gasteiger partial charge < -0.3 is 9.64 Å². The van der Waals surface area contributed by atoms with Crippen LogP contribution >= 0.6 is 22.6 Å². The molecule has 2 heterocycles. The molecule has 1 fully saturated rings. The fourth-order valence-electron chi connectivity index (χ4n) is 1.43. The summed E-state index contributed by atoms with van der Waals surface area (Å²) in [5.74, 6) is 0.187. The van der Waals surface area contributed by atoms with Gasteiger partial charge in [0.05, 0.1) is 11.9 Å². The van der Waals surface area contributed by atoms with Gasteiger partial charge in [-0.05, 0) is 29.0 Å². The van der Waals surface area contributed by atoms with Crippen molar-refractivity contribution >= 4 is 28.3 Å². The third kappa shape index (κ3) is 3.36. The molecule has 0 radical (unpaired) electrons. The highest BCUT2D eigenvalue weighted by molar-refractivity contribution is 14.1. The molecule has 1 aromatic rings. The van der Waals surface area contributed by atoms with Gasteiger partial charge in [-0.2, -0.15) is 13.2 Å². The average Bonchev–Trinajstić information content (AvgIpc) is 2.15. The van der Waals surface area contributed by atoms with Gasteiger partial charge in [-0.3, -0.25) is 0 Å². The van der Waals surface area contributed by atoms with Gasteiger partial charge >= 0.3 is 6.18 Å². The second-order valence-corrected chi connectivity index (χ2v) is 4.75. The van der Waals surface area contributed by atoms with E-state index in [1.807, 2.05) is 27.5 Å². The number of ether oxygens (including phenoxy) is 1. The van der Waals surface area contributed by atoms with Crippen molar-refractivity contribution in [1.29, 1.82) is 0 Å². The minimum atomic E-state index is -4.32. The number of aromatic nitrogens is 1. The van der Waals surface area contributed by atoms with Gasteiger partial charge in [-0.15, -0.1) is 0 Å². The molecule has 0 saturated carbocycles. The zero-order valence-corrected chi connectivity index (χ0v) is 11.0. The minimum absolute atomic E-state index is 0.187. The highest BCUT2D eigenvalue weighted by Crippen LogP contribution is 2.28. The molecule has 0 atom stereocenters. The zero-order chi connectivity index (χ0) is 12.5. The quantitative estimate of drug-likeness (QED) is 0.614. The molecule has 0 aliphatic carbocycles. The number of hydrogen-bond acceptors (Lipinski definition) is 3. The predicted octanol–water partition coefficient (Wildman–Crippen LogP) is 2.84. The number of hydrogen-bond donors (Lipinski definition) is 0. The molecule has 1 aliphatic rings. The van der Waals surface area contributed by atoms with Crippen LogP contribution in [0.5, 0.6) is 5.75 Å². The molecular formula is C10H10F3IN2O. The topological polar surface area (TPSA) is 25.4 Å². The van der Waals surface area contributed by atoms with Gasteiger partial charge in [-0.1, -0.05) is 0 Å². The Balaban J connectivity index is 2.09. The maximum atomic E-state index is 12.1. The van der Waals surface area contributed by atoms with E-state index in [1.165, 1.54) is 0 Å². The van der Waals surface area contributed by atoms with E-state index < -0.39 is 12.8 Å². The molecule has 1 saturated heterocycles. The van der Waals surface area contributed by atoms with Gasteiger partial charge in [0.25, 0.3) is 0 Å². The lowest BCUT2D eigenvalue weighted by Gasteiger charge is -2.33. The third-order valence-electron chi connectivity index (χ3n) is 2.41. The normalized spacial score (nSPS) is 15.6. The van der Waals surface area contributed by atoms with Crippen LogP contribution in [0.15, 0.2) is 12.3 Å². The number of anilines is 1. The number of halogens is 4. The van der Waals surface area contributed by atoms with Crippen molar-refractivity contribution in [3.05, 3.63) is 16.0 Å². The van der Waals surface area contributed by atoms with Crippen molar-refractivity contribution < 1.29 is 17.9 Å². The van der Waals surface area contributed by atoms with Crippen molar-refractivity contribution in [3.8, 4) is 5.75 Å². The summed E-state index contributed by atoms with van der Waals surface area (Å²) in [5, 5.41) is 0. The summed E-state index contributed by atoms with van der Waals surface area (Å²) in [6.45, 7) is 0.552. The first-order chi connectivity index (χ1) is 7.96. The van der Waals surface area contributed by atoms with Crippen LogP contribution in [0.2, 0.25) is 0 Å². The zero-order valence-electron chi connectivity index (χ0n) is 8.80. The molecular weight excluding hydrogens is 348 g/mol. The summed E-state index contributed by atoms with van der Waals surface area (Å²) in [6, 6.07) is 1.61. The first-order valence-corrected chi connectivity index (χ1v) is 6.13.